The summed E-state index contributed by atoms with van der Waals surface area (Å²) in [5.41, 5.74) is -0.576. The van der Waals surface area contributed by atoms with Gasteiger partial charge in [0.15, 0.2) is 0 Å². The van der Waals surface area contributed by atoms with Gasteiger partial charge in [-0.05, 0) is 13.8 Å². The highest BCUT2D eigenvalue weighted by molar-refractivity contribution is 7.12. The van der Waals surface area contributed by atoms with Crippen LogP contribution in [0.5, 0.6) is 0 Å². The van der Waals surface area contributed by atoms with Gasteiger partial charge in [0.2, 0.25) is 0 Å². The molecule has 0 atom stereocenters. The maximum absolute atomic E-state index is 12.4. The lowest BCUT2D eigenvalue weighted by Crippen LogP contribution is -2.02. The van der Waals surface area contributed by atoms with E-state index in [0.717, 1.165) is 11.3 Å². The van der Waals surface area contributed by atoms with Crippen molar-refractivity contribution in [2.24, 2.45) is 0 Å². The highest BCUT2D eigenvalue weighted by Crippen LogP contribution is 2.34. The molecule has 0 amide bonds. The molecule has 1 aromatic rings. The first-order chi connectivity index (χ1) is 5.95. The van der Waals surface area contributed by atoms with Crippen molar-refractivity contribution in [3.8, 4) is 0 Å². The highest BCUT2D eigenvalue weighted by Gasteiger charge is 2.24. The second-order valence-electron chi connectivity index (χ2n) is 2.61. The number of aromatic carboxylic acids is 1. The molecule has 0 radical (unpaired) electrons. The third-order valence-electron chi connectivity index (χ3n) is 1.74. The predicted octanol–water partition coefficient (Wildman–Crippen LogP) is 3.00. The highest BCUT2D eigenvalue weighted by atomic mass is 32.1. The standard InChI is InChI=1S/C8H8F2O2S/c1-3-5(7(9)10)6(8(11)12)4(2)13-3/h7H,1-2H3,(H,11,12). The van der Waals surface area contributed by atoms with Crippen molar-refractivity contribution in [2.75, 3.05) is 0 Å². The summed E-state index contributed by atoms with van der Waals surface area (Å²) in [6.45, 7) is 3.04. The Morgan fingerprint density at radius 1 is 1.38 bits per heavy atom. The molecule has 1 N–H and O–H groups in total. The third-order valence-corrected chi connectivity index (χ3v) is 2.78. The molecule has 1 aromatic heterocycles. The number of carboxylic acids is 1. The van der Waals surface area contributed by atoms with Crippen molar-refractivity contribution in [1.29, 1.82) is 0 Å². The lowest BCUT2D eigenvalue weighted by atomic mass is 10.1. The monoisotopic (exact) mass is 206 g/mol. The molecule has 0 bridgehead atoms. The molecule has 0 fully saturated rings. The van der Waals surface area contributed by atoms with Crippen LogP contribution in [0.1, 0.15) is 32.1 Å². The number of carbonyl (C=O) groups is 1. The molecule has 5 heteroatoms. The van der Waals surface area contributed by atoms with E-state index in [4.69, 9.17) is 5.11 Å². The summed E-state index contributed by atoms with van der Waals surface area (Å²) < 4.78 is 24.8. The molecule has 72 valence electrons. The zero-order valence-corrected chi connectivity index (χ0v) is 7.91. The van der Waals surface area contributed by atoms with Gasteiger partial charge in [-0.2, -0.15) is 0 Å². The average molecular weight is 206 g/mol. The molecule has 1 heterocycles. The molecule has 0 aliphatic rings. The molecule has 0 saturated heterocycles. The van der Waals surface area contributed by atoms with Crippen molar-refractivity contribution in [1.82, 2.24) is 0 Å². The largest absolute Gasteiger partial charge is 0.478 e. The second kappa shape index (κ2) is 3.41. The van der Waals surface area contributed by atoms with Gasteiger partial charge in [0.25, 0.3) is 6.43 Å². The van der Waals surface area contributed by atoms with Crippen LogP contribution in [0.25, 0.3) is 0 Å². The van der Waals surface area contributed by atoms with Gasteiger partial charge in [0.1, 0.15) is 0 Å². The first kappa shape index (κ1) is 10.1. The molecule has 0 spiro atoms. The topological polar surface area (TPSA) is 37.3 Å². The summed E-state index contributed by atoms with van der Waals surface area (Å²) >= 11 is 1.09. The Bertz CT molecular complexity index is 344. The van der Waals surface area contributed by atoms with Crippen molar-refractivity contribution in [3.05, 3.63) is 20.9 Å². The second-order valence-corrected chi connectivity index (χ2v) is 4.04. The van der Waals surface area contributed by atoms with Crippen LogP contribution in [0.4, 0.5) is 8.78 Å². The maximum Gasteiger partial charge on any atom is 0.337 e. The van der Waals surface area contributed by atoms with Crippen LogP contribution >= 0.6 is 11.3 Å². The number of hydrogen-bond acceptors (Lipinski definition) is 2. The van der Waals surface area contributed by atoms with E-state index in [9.17, 15) is 13.6 Å². The number of rotatable bonds is 2. The lowest BCUT2D eigenvalue weighted by molar-refractivity contribution is 0.0684. The molecule has 0 unspecified atom stereocenters. The quantitative estimate of drug-likeness (QED) is 0.807. The number of hydrogen-bond donors (Lipinski definition) is 1. The minimum atomic E-state index is -2.71. The zero-order chi connectivity index (χ0) is 10.2. The van der Waals surface area contributed by atoms with Gasteiger partial charge in [-0.1, -0.05) is 0 Å². The van der Waals surface area contributed by atoms with Crippen molar-refractivity contribution in [2.45, 2.75) is 20.3 Å². The molecule has 0 aliphatic heterocycles. The fourth-order valence-corrected chi connectivity index (χ4v) is 2.29. The Kier molecular flexibility index (Phi) is 2.66. The van der Waals surface area contributed by atoms with Crippen LogP contribution < -0.4 is 0 Å². The van der Waals surface area contributed by atoms with E-state index < -0.39 is 12.4 Å². The fourth-order valence-electron chi connectivity index (χ4n) is 1.23. The van der Waals surface area contributed by atoms with Gasteiger partial charge in [-0.15, -0.1) is 11.3 Å². The van der Waals surface area contributed by atoms with Gasteiger partial charge < -0.3 is 5.11 Å². The molecular weight excluding hydrogens is 198 g/mol. The number of alkyl halides is 2. The van der Waals surface area contributed by atoms with E-state index in [0.29, 0.717) is 9.75 Å². The summed E-state index contributed by atoms with van der Waals surface area (Å²) in [7, 11) is 0. The Morgan fingerprint density at radius 3 is 2.23 bits per heavy atom. The third kappa shape index (κ3) is 1.70. The Labute approximate surface area is 77.8 Å². The summed E-state index contributed by atoms with van der Waals surface area (Å²) in [6, 6.07) is 0. The van der Waals surface area contributed by atoms with Gasteiger partial charge in [-0.25, -0.2) is 13.6 Å². The van der Waals surface area contributed by atoms with Crippen LogP contribution in [0.15, 0.2) is 0 Å². The molecule has 0 aromatic carbocycles. The van der Waals surface area contributed by atoms with E-state index in [1.807, 2.05) is 0 Å². The molecule has 0 aliphatic carbocycles. The van der Waals surface area contributed by atoms with E-state index >= 15 is 0 Å². The van der Waals surface area contributed by atoms with Crippen molar-refractivity contribution < 1.29 is 18.7 Å². The SMILES string of the molecule is Cc1sc(C)c(C(F)F)c1C(=O)O. The predicted molar refractivity (Wildman–Crippen MR) is 45.7 cm³/mol. The minimum absolute atomic E-state index is 0.238. The number of thiophene rings is 1. The molecular formula is C8H8F2O2S. The van der Waals surface area contributed by atoms with Crippen molar-refractivity contribution in [3.63, 3.8) is 0 Å². The summed E-state index contributed by atoms with van der Waals surface area (Å²) in [6.07, 6.45) is -2.71. The number of halogens is 2. The maximum atomic E-state index is 12.4. The minimum Gasteiger partial charge on any atom is -0.478 e. The van der Waals surface area contributed by atoms with Gasteiger partial charge >= 0.3 is 5.97 Å². The van der Waals surface area contributed by atoms with Crippen LogP contribution in [0.3, 0.4) is 0 Å². The van der Waals surface area contributed by atoms with E-state index in [1.165, 1.54) is 13.8 Å². The Hall–Kier alpha value is -0.970. The van der Waals surface area contributed by atoms with Gasteiger partial charge in [0.05, 0.1) is 5.56 Å². The average Bonchev–Trinajstić information content (AvgIpc) is 2.24. The van der Waals surface area contributed by atoms with Crippen LogP contribution in [0, 0.1) is 13.8 Å². The molecule has 2 nitrogen and oxygen atoms in total. The fraction of sp³-hybridized carbons (Fsp3) is 0.375. The molecule has 1 rings (SSSR count). The summed E-state index contributed by atoms with van der Waals surface area (Å²) in [5.74, 6) is -1.28. The van der Waals surface area contributed by atoms with Crippen LogP contribution in [-0.2, 0) is 0 Å². The van der Waals surface area contributed by atoms with Gasteiger partial charge in [0, 0.05) is 15.3 Å². The first-order valence-corrected chi connectivity index (χ1v) is 4.38. The first-order valence-electron chi connectivity index (χ1n) is 3.56. The number of aryl methyl sites for hydroxylation is 2. The zero-order valence-electron chi connectivity index (χ0n) is 7.10. The van der Waals surface area contributed by atoms with E-state index in [2.05, 4.69) is 0 Å². The van der Waals surface area contributed by atoms with Gasteiger partial charge in [-0.3, -0.25) is 0 Å². The smallest absolute Gasteiger partial charge is 0.337 e. The van der Waals surface area contributed by atoms with Crippen LogP contribution in [0.2, 0.25) is 0 Å². The van der Waals surface area contributed by atoms with Crippen LogP contribution in [-0.4, -0.2) is 11.1 Å². The normalized spacial score (nSPS) is 10.8. The number of carboxylic acid groups (broad SMARTS) is 1. The van der Waals surface area contributed by atoms with E-state index in [-0.39, 0.29) is 11.1 Å². The van der Waals surface area contributed by atoms with Crippen molar-refractivity contribution >= 4 is 17.3 Å². The van der Waals surface area contributed by atoms with E-state index in [1.54, 1.807) is 0 Å². The lowest BCUT2D eigenvalue weighted by Gasteiger charge is -2.00. The Balaban J connectivity index is 3.38. The summed E-state index contributed by atoms with van der Waals surface area (Å²) in [4.78, 5) is 11.4. The molecule has 13 heavy (non-hydrogen) atoms. The molecule has 0 saturated carbocycles. The summed E-state index contributed by atoms with van der Waals surface area (Å²) in [5, 5.41) is 8.68. The Morgan fingerprint density at radius 2 is 1.92 bits per heavy atom.